The Hall–Kier alpha value is -2.01. The van der Waals surface area contributed by atoms with E-state index in [0.29, 0.717) is 17.5 Å². The molecule has 0 aliphatic carbocycles. The van der Waals surface area contributed by atoms with Gasteiger partial charge < -0.3 is 4.57 Å². The Morgan fingerprint density at radius 1 is 1.22 bits per heavy atom. The van der Waals surface area contributed by atoms with Crippen molar-refractivity contribution in [1.82, 2.24) is 9.47 Å². The monoisotopic (exact) mass is 328 g/mol. The number of carbonyl (C=O) groups is 2. The molecule has 0 spiro atoms. The number of thioether (sulfide) groups is 1. The molecule has 1 aromatic carbocycles. The van der Waals surface area contributed by atoms with Gasteiger partial charge in [-0.25, -0.2) is 0 Å². The molecule has 1 aliphatic rings. The van der Waals surface area contributed by atoms with Crippen LogP contribution in [0.5, 0.6) is 0 Å². The summed E-state index contributed by atoms with van der Waals surface area (Å²) < 4.78 is 2.19. The number of aromatic nitrogens is 1. The van der Waals surface area contributed by atoms with Gasteiger partial charge in [-0.1, -0.05) is 25.1 Å². The number of rotatable bonds is 4. The van der Waals surface area contributed by atoms with E-state index in [-0.39, 0.29) is 11.1 Å². The number of imide groups is 1. The van der Waals surface area contributed by atoms with Crippen LogP contribution in [0, 0.1) is 0 Å². The van der Waals surface area contributed by atoms with Crippen LogP contribution in [0.15, 0.2) is 35.4 Å². The van der Waals surface area contributed by atoms with Crippen LogP contribution >= 0.6 is 11.8 Å². The Kier molecular flexibility index (Phi) is 4.31. The van der Waals surface area contributed by atoms with Crippen molar-refractivity contribution in [1.29, 1.82) is 0 Å². The molecule has 120 valence electrons. The van der Waals surface area contributed by atoms with Crippen molar-refractivity contribution in [3.8, 4) is 0 Å². The van der Waals surface area contributed by atoms with E-state index < -0.39 is 0 Å². The van der Waals surface area contributed by atoms with Gasteiger partial charge in [0.15, 0.2) is 0 Å². The molecule has 0 N–H and O–H groups in total. The van der Waals surface area contributed by atoms with Crippen LogP contribution in [0.1, 0.15) is 38.8 Å². The molecule has 1 aliphatic heterocycles. The highest BCUT2D eigenvalue weighted by molar-refractivity contribution is 8.18. The number of amides is 2. The predicted molar refractivity (Wildman–Crippen MR) is 95.3 cm³/mol. The van der Waals surface area contributed by atoms with Gasteiger partial charge >= 0.3 is 0 Å². The largest absolute Gasteiger partial charge is 0.344 e. The summed E-state index contributed by atoms with van der Waals surface area (Å²) in [5, 5.41) is 0.930. The van der Waals surface area contributed by atoms with Gasteiger partial charge in [0.05, 0.1) is 4.91 Å². The lowest BCUT2D eigenvalue weighted by molar-refractivity contribution is -0.122. The molecule has 0 saturated carbocycles. The molecule has 0 atom stereocenters. The number of fused-ring (bicyclic) bond motifs is 1. The Bertz CT molecular complexity index is 804. The van der Waals surface area contributed by atoms with Gasteiger partial charge in [0.1, 0.15) is 0 Å². The first-order valence-corrected chi connectivity index (χ1v) is 8.69. The van der Waals surface area contributed by atoms with Gasteiger partial charge in [-0.2, -0.15) is 0 Å². The first kappa shape index (κ1) is 15.9. The predicted octanol–water partition coefficient (Wildman–Crippen LogP) is 4.67. The number of nitrogens with zero attached hydrogens (tertiary/aromatic N) is 2. The first-order valence-electron chi connectivity index (χ1n) is 7.88. The van der Waals surface area contributed by atoms with Crippen molar-refractivity contribution in [3.63, 3.8) is 0 Å². The van der Waals surface area contributed by atoms with Crippen molar-refractivity contribution < 1.29 is 9.59 Å². The van der Waals surface area contributed by atoms with Gasteiger partial charge in [-0.15, -0.1) is 0 Å². The molecule has 1 aromatic heterocycles. The lowest BCUT2D eigenvalue weighted by atomic mass is 10.1. The summed E-state index contributed by atoms with van der Waals surface area (Å²) >= 11 is 1.03. The molecule has 3 rings (SSSR count). The first-order chi connectivity index (χ1) is 11.0. The van der Waals surface area contributed by atoms with Crippen LogP contribution in [0.25, 0.3) is 17.0 Å². The zero-order valence-electron chi connectivity index (χ0n) is 13.6. The van der Waals surface area contributed by atoms with Crippen molar-refractivity contribution in [3.05, 3.63) is 40.9 Å². The van der Waals surface area contributed by atoms with E-state index in [1.165, 1.54) is 4.90 Å². The Morgan fingerprint density at radius 2 is 1.96 bits per heavy atom. The fraction of sp³-hybridized carbons (Fsp3) is 0.333. The average molecular weight is 328 g/mol. The summed E-state index contributed by atoms with van der Waals surface area (Å²) in [6.07, 6.45) is 4.68. The van der Waals surface area contributed by atoms with Crippen molar-refractivity contribution in [2.24, 2.45) is 0 Å². The highest BCUT2D eigenvalue weighted by atomic mass is 32.2. The maximum atomic E-state index is 12.4. The van der Waals surface area contributed by atoms with Gasteiger partial charge in [-0.3, -0.25) is 14.5 Å². The quantitative estimate of drug-likeness (QED) is 0.766. The highest BCUT2D eigenvalue weighted by Gasteiger charge is 2.34. The minimum Gasteiger partial charge on any atom is -0.344 e. The summed E-state index contributed by atoms with van der Waals surface area (Å²) in [5.41, 5.74) is 2.12. The summed E-state index contributed by atoms with van der Waals surface area (Å²) in [4.78, 5) is 26.2. The Balaban J connectivity index is 2.05. The van der Waals surface area contributed by atoms with E-state index in [1.807, 2.05) is 25.1 Å². The summed E-state index contributed by atoms with van der Waals surface area (Å²) in [6, 6.07) is 8.47. The summed E-state index contributed by atoms with van der Waals surface area (Å²) in [5.74, 6) is -0.178. The van der Waals surface area contributed by atoms with E-state index in [9.17, 15) is 9.59 Å². The van der Waals surface area contributed by atoms with Crippen LogP contribution in [-0.2, 0) is 4.79 Å². The minimum absolute atomic E-state index is 0.171. The fourth-order valence-electron chi connectivity index (χ4n) is 2.83. The van der Waals surface area contributed by atoms with Gasteiger partial charge in [0.2, 0.25) is 0 Å². The molecule has 0 unspecified atom stereocenters. The second kappa shape index (κ2) is 6.24. The van der Waals surface area contributed by atoms with Gasteiger partial charge in [-0.05, 0) is 44.2 Å². The molecule has 23 heavy (non-hydrogen) atoms. The van der Waals surface area contributed by atoms with Crippen LogP contribution in [-0.4, -0.2) is 27.2 Å². The van der Waals surface area contributed by atoms with Crippen LogP contribution in [0.4, 0.5) is 4.79 Å². The van der Waals surface area contributed by atoms with Crippen LogP contribution in [0.3, 0.4) is 0 Å². The van der Waals surface area contributed by atoms with E-state index in [0.717, 1.165) is 34.6 Å². The molecule has 1 saturated heterocycles. The molecular weight excluding hydrogens is 308 g/mol. The standard InChI is InChI=1S/C18H20N2O2S/c1-4-9-19-17(21)16(23-18(19)22)10-13-11-20(12(2)3)15-8-6-5-7-14(13)15/h5-8,10-12H,4,9H2,1-3H3/b16-10+. The average Bonchev–Trinajstić information content (AvgIpc) is 3.02. The summed E-state index contributed by atoms with van der Waals surface area (Å²) in [6.45, 7) is 6.70. The third-order valence-corrected chi connectivity index (χ3v) is 4.84. The van der Waals surface area contributed by atoms with Crippen LogP contribution < -0.4 is 0 Å². The molecule has 5 heteroatoms. The lowest BCUT2D eigenvalue weighted by Crippen LogP contribution is -2.28. The van der Waals surface area contributed by atoms with Gasteiger partial charge in [0, 0.05) is 35.2 Å². The number of carbonyl (C=O) groups excluding carboxylic acids is 2. The summed E-state index contributed by atoms with van der Waals surface area (Å²) in [7, 11) is 0. The van der Waals surface area contributed by atoms with E-state index in [2.05, 4.69) is 36.7 Å². The molecule has 2 aromatic rings. The van der Waals surface area contributed by atoms with E-state index >= 15 is 0 Å². The molecule has 1 fully saturated rings. The molecular formula is C18H20N2O2S. The third kappa shape index (κ3) is 2.81. The number of benzene rings is 1. The molecule has 2 amide bonds. The minimum atomic E-state index is -0.178. The van der Waals surface area contributed by atoms with Crippen molar-refractivity contribution in [2.75, 3.05) is 6.54 Å². The second-order valence-electron chi connectivity index (χ2n) is 5.94. The maximum absolute atomic E-state index is 12.4. The van der Waals surface area contributed by atoms with Crippen molar-refractivity contribution >= 4 is 39.9 Å². The van der Waals surface area contributed by atoms with E-state index in [1.54, 1.807) is 0 Å². The highest BCUT2D eigenvalue weighted by Crippen LogP contribution is 2.34. The number of hydrogen-bond donors (Lipinski definition) is 0. The van der Waals surface area contributed by atoms with E-state index in [4.69, 9.17) is 0 Å². The third-order valence-electron chi connectivity index (χ3n) is 3.94. The second-order valence-corrected chi connectivity index (χ2v) is 6.93. The van der Waals surface area contributed by atoms with Gasteiger partial charge in [0.25, 0.3) is 11.1 Å². The Labute approximate surface area is 140 Å². The molecule has 0 radical (unpaired) electrons. The Morgan fingerprint density at radius 3 is 2.65 bits per heavy atom. The SMILES string of the molecule is CCCN1C(=O)S/C(=C/c2cn(C(C)C)c3ccccc23)C1=O. The zero-order chi connectivity index (χ0) is 16.6. The maximum Gasteiger partial charge on any atom is 0.293 e. The topological polar surface area (TPSA) is 42.3 Å². The lowest BCUT2D eigenvalue weighted by Gasteiger charge is -2.09. The van der Waals surface area contributed by atoms with Crippen molar-refractivity contribution in [2.45, 2.75) is 33.2 Å². The smallest absolute Gasteiger partial charge is 0.293 e. The molecule has 0 bridgehead atoms. The fourth-order valence-corrected chi connectivity index (χ4v) is 3.69. The normalized spacial score (nSPS) is 17.2. The number of hydrogen-bond acceptors (Lipinski definition) is 3. The molecule has 2 heterocycles. The zero-order valence-corrected chi connectivity index (χ0v) is 14.4. The number of para-hydroxylation sites is 1. The van der Waals surface area contributed by atoms with Crippen LogP contribution in [0.2, 0.25) is 0 Å². The molecule has 4 nitrogen and oxygen atoms in total.